The normalized spacial score (nSPS) is 13.4. The van der Waals surface area contributed by atoms with E-state index < -0.39 is 18.1 Å². The first-order valence-electron chi connectivity index (χ1n) is 17.4. The number of hydrogen-bond acceptors (Lipinski definition) is 7. The number of rotatable bonds is 30. The number of aliphatic carboxylic acids is 1. The summed E-state index contributed by atoms with van der Waals surface area (Å²) in [6, 6.07) is -0.722. The lowest BCUT2D eigenvalue weighted by Gasteiger charge is -2.34. The highest BCUT2D eigenvalue weighted by atomic mass is 16.6. The Morgan fingerprint density at radius 2 is 1.20 bits per heavy atom. The fourth-order valence-electron chi connectivity index (χ4n) is 4.80. The summed E-state index contributed by atoms with van der Waals surface area (Å²) in [6.45, 7) is 4.51. The van der Waals surface area contributed by atoms with Crippen molar-refractivity contribution < 1.29 is 38.2 Å². The van der Waals surface area contributed by atoms with E-state index in [4.69, 9.17) is 14.2 Å². The second kappa shape index (κ2) is 28.3. The summed E-state index contributed by atoms with van der Waals surface area (Å²) in [7, 11) is 5.37. The van der Waals surface area contributed by atoms with Gasteiger partial charge in [0.1, 0.15) is 12.6 Å². The van der Waals surface area contributed by atoms with Gasteiger partial charge in [-0.1, -0.05) is 95.9 Å². The van der Waals surface area contributed by atoms with Crippen LogP contribution in [0, 0.1) is 0 Å². The highest BCUT2D eigenvalue weighted by molar-refractivity contribution is 5.70. The van der Waals surface area contributed by atoms with Gasteiger partial charge < -0.3 is 28.6 Å². The van der Waals surface area contributed by atoms with Crippen molar-refractivity contribution in [3.05, 3.63) is 24.3 Å². The third-order valence-corrected chi connectivity index (χ3v) is 7.59. The van der Waals surface area contributed by atoms with Crippen LogP contribution in [0.4, 0.5) is 0 Å². The Morgan fingerprint density at radius 1 is 0.682 bits per heavy atom. The number of allylic oxidation sites excluding steroid dienone is 4. The maximum atomic E-state index is 12.5. The minimum atomic E-state index is -1.13. The molecule has 0 aromatic rings. The summed E-state index contributed by atoms with van der Waals surface area (Å²) in [4.78, 5) is 36.3. The first-order valence-corrected chi connectivity index (χ1v) is 17.4. The zero-order valence-electron chi connectivity index (χ0n) is 28.8. The molecule has 0 saturated heterocycles. The molecule has 256 valence electrons. The van der Waals surface area contributed by atoms with Crippen LogP contribution in [-0.4, -0.2) is 75.5 Å². The van der Waals surface area contributed by atoms with Gasteiger partial charge in [0.05, 0.1) is 40.3 Å². The highest BCUT2D eigenvalue weighted by Crippen LogP contribution is 2.12. The minimum Gasteiger partial charge on any atom is -0.544 e. The van der Waals surface area contributed by atoms with Crippen molar-refractivity contribution in [3.63, 3.8) is 0 Å². The fourth-order valence-corrected chi connectivity index (χ4v) is 4.80. The smallest absolute Gasteiger partial charge is 0.306 e. The molecule has 8 heteroatoms. The molecule has 2 unspecified atom stereocenters. The number of hydrogen-bond donors (Lipinski definition) is 0. The molecule has 0 bridgehead atoms. The quantitative estimate of drug-likeness (QED) is 0.0373. The molecule has 0 aromatic carbocycles. The monoisotopic (exact) mass is 623 g/mol. The van der Waals surface area contributed by atoms with E-state index in [0.29, 0.717) is 12.8 Å². The van der Waals surface area contributed by atoms with Crippen LogP contribution in [0.1, 0.15) is 136 Å². The lowest BCUT2D eigenvalue weighted by atomic mass is 10.1. The van der Waals surface area contributed by atoms with E-state index in [-0.39, 0.29) is 42.7 Å². The number of carbonyl (C=O) groups excluding carboxylic acids is 3. The number of carbonyl (C=O) groups is 3. The number of esters is 2. The zero-order valence-corrected chi connectivity index (χ0v) is 28.8. The van der Waals surface area contributed by atoms with E-state index in [1.54, 1.807) is 21.1 Å². The second-order valence-corrected chi connectivity index (χ2v) is 12.8. The van der Waals surface area contributed by atoms with Crippen LogP contribution in [-0.2, 0) is 28.6 Å². The molecule has 0 aromatic heterocycles. The Bertz CT molecular complexity index is 788. The molecule has 0 saturated carbocycles. The average molecular weight is 624 g/mol. The van der Waals surface area contributed by atoms with Gasteiger partial charge in [-0.15, -0.1) is 0 Å². The zero-order chi connectivity index (χ0) is 32.9. The summed E-state index contributed by atoms with van der Waals surface area (Å²) in [5.41, 5.74) is 0. The molecule has 0 aliphatic rings. The predicted molar refractivity (Wildman–Crippen MR) is 176 cm³/mol. The van der Waals surface area contributed by atoms with Crippen LogP contribution in [0.25, 0.3) is 0 Å². The molecule has 8 nitrogen and oxygen atoms in total. The molecule has 0 aliphatic heterocycles. The third-order valence-electron chi connectivity index (χ3n) is 7.59. The Balaban J connectivity index is 4.40. The van der Waals surface area contributed by atoms with Crippen LogP contribution in [0.15, 0.2) is 24.3 Å². The van der Waals surface area contributed by atoms with Crippen LogP contribution in [0.5, 0.6) is 0 Å². The van der Waals surface area contributed by atoms with Crippen molar-refractivity contribution >= 4 is 17.9 Å². The molecule has 0 spiro atoms. The largest absolute Gasteiger partial charge is 0.544 e. The molecule has 0 amide bonds. The Morgan fingerprint density at radius 3 is 1.80 bits per heavy atom. The molecule has 0 radical (unpaired) electrons. The van der Waals surface area contributed by atoms with Gasteiger partial charge in [-0.2, -0.15) is 0 Å². The van der Waals surface area contributed by atoms with Crippen molar-refractivity contribution in [1.82, 2.24) is 0 Å². The summed E-state index contributed by atoms with van der Waals surface area (Å²) in [5, 5.41) is 11.5. The van der Waals surface area contributed by atoms with Crippen LogP contribution in [0.2, 0.25) is 0 Å². The maximum Gasteiger partial charge on any atom is 0.306 e. The Labute approximate surface area is 269 Å². The second-order valence-electron chi connectivity index (χ2n) is 12.8. The van der Waals surface area contributed by atoms with Crippen LogP contribution < -0.4 is 5.11 Å². The summed E-state index contributed by atoms with van der Waals surface area (Å²) >= 11 is 0. The number of unbranched alkanes of at least 4 members (excludes halogenated alkanes) is 12. The first kappa shape index (κ1) is 41.8. The van der Waals surface area contributed by atoms with Crippen LogP contribution >= 0.6 is 0 Å². The van der Waals surface area contributed by atoms with E-state index in [1.165, 1.54) is 25.7 Å². The first-order chi connectivity index (χ1) is 21.1. The summed E-state index contributed by atoms with van der Waals surface area (Å²) < 4.78 is 16.9. The van der Waals surface area contributed by atoms with Crippen LogP contribution in [0.3, 0.4) is 0 Å². The number of nitrogens with zero attached hydrogens (tertiary/aromatic N) is 1. The molecule has 0 fully saturated rings. The number of ether oxygens (including phenoxy) is 3. The average Bonchev–Trinajstić information content (AvgIpc) is 2.96. The van der Waals surface area contributed by atoms with E-state index in [2.05, 4.69) is 38.2 Å². The summed E-state index contributed by atoms with van der Waals surface area (Å²) in [5.74, 6) is -1.77. The number of likely N-dealkylation sites (N-methyl/N-ethyl adjacent to an activating group) is 1. The highest BCUT2D eigenvalue weighted by Gasteiger charge is 2.25. The molecule has 0 rings (SSSR count). The topological polar surface area (TPSA) is 102 Å². The number of carboxylic acids is 1. The van der Waals surface area contributed by atoms with E-state index in [1.807, 2.05) is 0 Å². The third kappa shape index (κ3) is 26.2. The molecule has 44 heavy (non-hydrogen) atoms. The van der Waals surface area contributed by atoms with Gasteiger partial charge in [0, 0.05) is 19.3 Å². The molecule has 0 heterocycles. The van der Waals surface area contributed by atoms with Crippen molar-refractivity contribution in [2.75, 3.05) is 41.0 Å². The predicted octanol–water partition coefficient (Wildman–Crippen LogP) is 6.85. The van der Waals surface area contributed by atoms with E-state index in [0.717, 1.165) is 77.0 Å². The van der Waals surface area contributed by atoms with Gasteiger partial charge >= 0.3 is 11.9 Å². The SMILES string of the molecule is CCCCC/C=C\C/C=C\CCCCCCCC(=O)OC(COCCC(C(=O)[O-])[N+](C)(C)C)COC(=O)CCCCCCC. The summed E-state index contributed by atoms with van der Waals surface area (Å²) in [6.07, 6.45) is 26.6. The molecule has 0 aliphatic carbocycles. The fraction of sp³-hybridized carbons (Fsp3) is 0.806. The molecular formula is C36H65NO7. The van der Waals surface area contributed by atoms with Crippen molar-refractivity contribution in [2.24, 2.45) is 0 Å². The van der Waals surface area contributed by atoms with Crippen molar-refractivity contribution in [2.45, 2.75) is 148 Å². The van der Waals surface area contributed by atoms with Gasteiger partial charge in [0.15, 0.2) is 6.10 Å². The lowest BCUT2D eigenvalue weighted by Crippen LogP contribution is -2.55. The van der Waals surface area contributed by atoms with E-state index >= 15 is 0 Å². The number of carboxylic acid groups (broad SMARTS) is 1. The van der Waals surface area contributed by atoms with E-state index in [9.17, 15) is 19.5 Å². The minimum absolute atomic E-state index is 0.0363. The van der Waals surface area contributed by atoms with Gasteiger partial charge in [0.25, 0.3) is 0 Å². The Hall–Kier alpha value is -2.19. The standard InChI is InChI=1S/C36H65NO7/c1-6-8-10-12-13-14-15-16-17-18-19-20-21-23-25-27-35(39)44-32(31-43-34(38)26-24-22-11-9-7-2)30-42-29-28-33(36(40)41)37(3,4)5/h13-14,16-17,32-33H,6-12,15,18-31H2,1-5H3/b14-13-,17-16-. The van der Waals surface area contributed by atoms with Gasteiger partial charge in [-0.3, -0.25) is 9.59 Å². The maximum absolute atomic E-state index is 12.5. The van der Waals surface area contributed by atoms with Crippen molar-refractivity contribution in [3.8, 4) is 0 Å². The molecule has 0 N–H and O–H groups in total. The van der Waals surface area contributed by atoms with Gasteiger partial charge in [-0.25, -0.2) is 0 Å². The lowest BCUT2D eigenvalue weighted by molar-refractivity contribution is -0.889. The number of quaternary nitrogens is 1. The van der Waals surface area contributed by atoms with Gasteiger partial charge in [0.2, 0.25) is 0 Å². The van der Waals surface area contributed by atoms with Crippen molar-refractivity contribution in [1.29, 1.82) is 0 Å². The molecular weight excluding hydrogens is 558 g/mol. The van der Waals surface area contributed by atoms with Gasteiger partial charge in [-0.05, 0) is 44.9 Å². The Kier molecular flexibility index (Phi) is 26.9. The molecule has 2 atom stereocenters.